The molecular weight excluding hydrogens is 278 g/mol. The second-order valence-electron chi connectivity index (χ2n) is 4.41. The summed E-state index contributed by atoms with van der Waals surface area (Å²) >= 11 is 0. The Morgan fingerprint density at radius 3 is 2.86 bits per heavy atom. The van der Waals surface area contributed by atoms with Crippen LogP contribution in [0.15, 0.2) is 22.9 Å². The van der Waals surface area contributed by atoms with Gasteiger partial charge in [0, 0.05) is 20.2 Å². The first kappa shape index (κ1) is 14.9. The van der Waals surface area contributed by atoms with Gasteiger partial charge in [-0.25, -0.2) is 4.98 Å². The minimum atomic E-state index is -0.493. The number of nitrogens with zero attached hydrogens (tertiary/aromatic N) is 5. The van der Waals surface area contributed by atoms with Crippen molar-refractivity contribution in [2.24, 2.45) is 0 Å². The number of aromatic nitrogens is 3. The molecule has 112 valence electrons. The molecular formula is C12H15N5O4. The first-order valence-electron chi connectivity index (χ1n) is 6.18. The molecule has 1 atom stereocenters. The lowest BCUT2D eigenvalue weighted by molar-refractivity contribution is -0.385. The predicted molar refractivity (Wildman–Crippen MR) is 72.7 cm³/mol. The van der Waals surface area contributed by atoms with E-state index in [2.05, 4.69) is 15.1 Å². The van der Waals surface area contributed by atoms with Crippen LogP contribution in [0.2, 0.25) is 0 Å². The van der Waals surface area contributed by atoms with Crippen LogP contribution in [0.1, 0.15) is 24.7 Å². The zero-order chi connectivity index (χ0) is 15.4. The van der Waals surface area contributed by atoms with Gasteiger partial charge in [0.2, 0.25) is 5.89 Å². The van der Waals surface area contributed by atoms with E-state index >= 15 is 0 Å². The highest BCUT2D eigenvalue weighted by Gasteiger charge is 2.15. The Bertz CT molecular complexity index is 612. The summed E-state index contributed by atoms with van der Waals surface area (Å²) in [4.78, 5) is 20.1. The van der Waals surface area contributed by atoms with E-state index in [9.17, 15) is 10.1 Å². The Balaban J connectivity index is 2.05. The Labute approximate surface area is 120 Å². The Kier molecular flexibility index (Phi) is 4.43. The molecule has 9 heteroatoms. The summed E-state index contributed by atoms with van der Waals surface area (Å²) in [6.07, 6.45) is 0.961. The number of nitro groups is 1. The summed E-state index contributed by atoms with van der Waals surface area (Å²) in [6.45, 7) is 2.16. The normalized spacial score (nSPS) is 12.1. The highest BCUT2D eigenvalue weighted by molar-refractivity contribution is 5.42. The second kappa shape index (κ2) is 6.27. The summed E-state index contributed by atoms with van der Waals surface area (Å²) in [7, 11) is 3.34. The second-order valence-corrected chi connectivity index (χ2v) is 4.41. The lowest BCUT2D eigenvalue weighted by Gasteiger charge is -2.14. The summed E-state index contributed by atoms with van der Waals surface area (Å²) in [5, 5.41) is 14.4. The van der Waals surface area contributed by atoms with E-state index in [1.165, 1.54) is 12.3 Å². The average molecular weight is 293 g/mol. The number of rotatable bonds is 6. The van der Waals surface area contributed by atoms with Crippen LogP contribution in [0.3, 0.4) is 0 Å². The zero-order valence-electron chi connectivity index (χ0n) is 11.9. The quantitative estimate of drug-likeness (QED) is 0.585. The maximum atomic E-state index is 10.6. The fraction of sp³-hybridized carbons (Fsp3) is 0.417. The van der Waals surface area contributed by atoms with Crippen LogP contribution >= 0.6 is 0 Å². The third kappa shape index (κ3) is 3.51. The standard InChI is InChI=1S/C12H15N5O4/c1-8(20-3)12-14-11(21-15-12)7-16(2)10-5-4-9(6-13-10)17(18)19/h4-6,8H,7H2,1-3H3/t8-/m1/s1. The van der Waals surface area contributed by atoms with Crippen molar-refractivity contribution in [3.05, 3.63) is 40.2 Å². The molecule has 0 saturated heterocycles. The molecule has 0 amide bonds. The minimum absolute atomic E-state index is 0.0545. The molecule has 0 spiro atoms. The van der Waals surface area contributed by atoms with Crippen LogP contribution in [0, 0.1) is 10.1 Å². The largest absolute Gasteiger partial charge is 0.374 e. The van der Waals surface area contributed by atoms with Crippen LogP contribution in [0.25, 0.3) is 0 Å². The first-order valence-corrected chi connectivity index (χ1v) is 6.18. The topological polar surface area (TPSA) is 107 Å². The molecule has 0 unspecified atom stereocenters. The Morgan fingerprint density at radius 1 is 1.52 bits per heavy atom. The molecule has 0 radical (unpaired) electrons. The van der Waals surface area contributed by atoms with Crippen molar-refractivity contribution in [1.82, 2.24) is 15.1 Å². The van der Waals surface area contributed by atoms with Crippen molar-refractivity contribution in [3.63, 3.8) is 0 Å². The molecule has 0 aromatic carbocycles. The van der Waals surface area contributed by atoms with Crippen LogP contribution in [-0.4, -0.2) is 34.2 Å². The van der Waals surface area contributed by atoms with Gasteiger partial charge >= 0.3 is 0 Å². The van der Waals surface area contributed by atoms with Crippen molar-refractivity contribution in [2.75, 3.05) is 19.1 Å². The number of hydrogen-bond acceptors (Lipinski definition) is 8. The number of pyridine rings is 1. The van der Waals surface area contributed by atoms with E-state index in [4.69, 9.17) is 9.26 Å². The van der Waals surface area contributed by atoms with Crippen LogP contribution < -0.4 is 4.90 Å². The van der Waals surface area contributed by atoms with Gasteiger partial charge in [0.05, 0.1) is 11.5 Å². The molecule has 0 N–H and O–H groups in total. The molecule has 0 aliphatic carbocycles. The summed E-state index contributed by atoms with van der Waals surface area (Å²) in [6, 6.07) is 2.96. The van der Waals surface area contributed by atoms with Crippen LogP contribution in [-0.2, 0) is 11.3 Å². The predicted octanol–water partition coefficient (Wildman–Crippen LogP) is 1.72. The van der Waals surface area contributed by atoms with Crippen LogP contribution in [0.5, 0.6) is 0 Å². The number of anilines is 1. The third-order valence-electron chi connectivity index (χ3n) is 2.91. The average Bonchev–Trinajstić information content (AvgIpc) is 2.95. The van der Waals surface area contributed by atoms with Gasteiger partial charge in [-0.2, -0.15) is 4.98 Å². The van der Waals surface area contributed by atoms with E-state index in [1.54, 1.807) is 25.1 Å². The molecule has 0 bridgehead atoms. The maximum Gasteiger partial charge on any atom is 0.287 e. The maximum absolute atomic E-state index is 10.6. The fourth-order valence-electron chi connectivity index (χ4n) is 1.60. The molecule has 2 aromatic rings. The molecule has 21 heavy (non-hydrogen) atoms. The smallest absolute Gasteiger partial charge is 0.287 e. The van der Waals surface area contributed by atoms with Gasteiger partial charge in [0.1, 0.15) is 18.1 Å². The zero-order valence-corrected chi connectivity index (χ0v) is 11.9. The lowest BCUT2D eigenvalue weighted by Crippen LogP contribution is -2.18. The minimum Gasteiger partial charge on any atom is -0.374 e. The van der Waals surface area contributed by atoms with Crippen molar-refractivity contribution in [3.8, 4) is 0 Å². The summed E-state index contributed by atoms with van der Waals surface area (Å²) < 4.78 is 10.2. The summed E-state index contributed by atoms with van der Waals surface area (Å²) in [5.41, 5.74) is -0.0545. The Hall–Kier alpha value is -2.55. The molecule has 2 aromatic heterocycles. The molecule has 9 nitrogen and oxygen atoms in total. The van der Waals surface area contributed by atoms with Gasteiger partial charge in [-0.1, -0.05) is 5.16 Å². The van der Waals surface area contributed by atoms with Gasteiger partial charge in [0.25, 0.3) is 5.69 Å². The molecule has 2 heterocycles. The van der Waals surface area contributed by atoms with E-state index in [-0.39, 0.29) is 11.8 Å². The highest BCUT2D eigenvalue weighted by atomic mass is 16.6. The molecule has 0 fully saturated rings. The van der Waals surface area contributed by atoms with Gasteiger partial charge in [-0.3, -0.25) is 10.1 Å². The van der Waals surface area contributed by atoms with Crippen molar-refractivity contribution >= 4 is 11.5 Å². The third-order valence-corrected chi connectivity index (χ3v) is 2.91. The van der Waals surface area contributed by atoms with Crippen molar-refractivity contribution in [1.29, 1.82) is 0 Å². The monoisotopic (exact) mass is 293 g/mol. The van der Waals surface area contributed by atoms with Crippen molar-refractivity contribution < 1.29 is 14.2 Å². The Morgan fingerprint density at radius 2 is 2.29 bits per heavy atom. The van der Waals surface area contributed by atoms with Gasteiger partial charge in [-0.05, 0) is 13.0 Å². The lowest BCUT2D eigenvalue weighted by atomic mass is 10.4. The molecule has 0 aliphatic heterocycles. The molecule has 0 aliphatic rings. The van der Waals surface area contributed by atoms with Gasteiger partial charge in [0.15, 0.2) is 5.82 Å². The first-order chi connectivity index (χ1) is 10.0. The van der Waals surface area contributed by atoms with Gasteiger partial charge < -0.3 is 14.2 Å². The highest BCUT2D eigenvalue weighted by Crippen LogP contribution is 2.17. The SMILES string of the molecule is CO[C@H](C)c1noc(CN(C)c2ccc([N+](=O)[O-])cn2)n1. The molecule has 0 saturated carbocycles. The summed E-state index contributed by atoms with van der Waals surface area (Å²) in [5.74, 6) is 1.45. The molecule has 2 rings (SSSR count). The van der Waals surface area contributed by atoms with Gasteiger partial charge in [-0.15, -0.1) is 0 Å². The number of ether oxygens (including phenoxy) is 1. The van der Waals surface area contributed by atoms with E-state index < -0.39 is 4.92 Å². The number of hydrogen-bond donors (Lipinski definition) is 0. The van der Waals surface area contributed by atoms with E-state index in [0.29, 0.717) is 24.1 Å². The fourth-order valence-corrected chi connectivity index (χ4v) is 1.60. The number of methoxy groups -OCH3 is 1. The van der Waals surface area contributed by atoms with E-state index in [1.807, 2.05) is 6.92 Å². The van der Waals surface area contributed by atoms with Crippen molar-refractivity contribution in [2.45, 2.75) is 19.6 Å². The van der Waals surface area contributed by atoms with E-state index in [0.717, 1.165) is 0 Å². The van der Waals surface area contributed by atoms with Crippen LogP contribution in [0.4, 0.5) is 11.5 Å².